The molecule has 3 N–H and O–H groups in total. The summed E-state index contributed by atoms with van der Waals surface area (Å²) in [7, 11) is 0. The third-order valence-electron chi connectivity index (χ3n) is 5.90. The van der Waals surface area contributed by atoms with Crippen molar-refractivity contribution < 1.29 is 24.2 Å². The molecule has 0 spiro atoms. The predicted octanol–water partition coefficient (Wildman–Crippen LogP) is 5.95. The van der Waals surface area contributed by atoms with Gasteiger partial charge in [-0.25, -0.2) is 9.59 Å². The number of ether oxygens (including phenoxy) is 1. The molecule has 4 rings (SSSR count). The molecule has 0 saturated heterocycles. The van der Waals surface area contributed by atoms with Gasteiger partial charge in [0.1, 0.15) is 12.6 Å². The maximum absolute atomic E-state index is 12.8. The summed E-state index contributed by atoms with van der Waals surface area (Å²) in [5.41, 5.74) is 4.36. The first-order valence-corrected chi connectivity index (χ1v) is 11.7. The molecule has 0 bridgehead atoms. The molecule has 3 aromatic carbocycles. The van der Waals surface area contributed by atoms with Gasteiger partial charge in [0.05, 0.1) is 21.3 Å². The maximum Gasteiger partial charge on any atom is 0.407 e. The number of carbonyl (C=O) groups excluding carboxylic acids is 2. The fourth-order valence-electron chi connectivity index (χ4n) is 4.16. The molecule has 9 heteroatoms. The SMILES string of the molecule is CCC(NC(=O)OCC1c2ccccc2-c2ccccc21)C(=O)Nc1c(Cl)cc(C(=O)O)cc1Cl. The Labute approximate surface area is 212 Å². The van der Waals surface area contributed by atoms with Gasteiger partial charge in [-0.3, -0.25) is 4.79 Å². The van der Waals surface area contributed by atoms with Crippen LogP contribution in [0.2, 0.25) is 10.0 Å². The number of rotatable bonds is 7. The normalized spacial score (nSPS) is 12.9. The Morgan fingerprint density at radius 1 is 0.971 bits per heavy atom. The van der Waals surface area contributed by atoms with Crippen LogP contribution < -0.4 is 10.6 Å². The molecule has 3 aromatic rings. The summed E-state index contributed by atoms with van der Waals surface area (Å²) < 4.78 is 5.51. The summed E-state index contributed by atoms with van der Waals surface area (Å²) in [6.45, 7) is 1.84. The molecule has 0 saturated carbocycles. The lowest BCUT2D eigenvalue weighted by Crippen LogP contribution is -2.44. The van der Waals surface area contributed by atoms with Crippen LogP contribution in [-0.4, -0.2) is 35.7 Å². The number of carbonyl (C=O) groups is 3. The van der Waals surface area contributed by atoms with Gasteiger partial charge in [-0.05, 0) is 40.8 Å². The van der Waals surface area contributed by atoms with E-state index in [9.17, 15) is 14.4 Å². The van der Waals surface area contributed by atoms with E-state index in [1.165, 1.54) is 12.1 Å². The van der Waals surface area contributed by atoms with Gasteiger partial charge in [0.25, 0.3) is 0 Å². The van der Waals surface area contributed by atoms with E-state index in [0.29, 0.717) is 0 Å². The first-order valence-electron chi connectivity index (χ1n) is 10.9. The number of anilines is 1. The molecule has 0 aliphatic heterocycles. The van der Waals surface area contributed by atoms with Crippen molar-refractivity contribution in [3.05, 3.63) is 87.4 Å². The molecule has 1 atom stereocenters. The number of hydrogen-bond donors (Lipinski definition) is 3. The second-order valence-electron chi connectivity index (χ2n) is 8.04. The monoisotopic (exact) mass is 512 g/mol. The summed E-state index contributed by atoms with van der Waals surface area (Å²) in [6.07, 6.45) is -0.453. The van der Waals surface area contributed by atoms with Crippen LogP contribution in [0, 0.1) is 0 Å². The minimum Gasteiger partial charge on any atom is -0.478 e. The summed E-state index contributed by atoms with van der Waals surface area (Å²) in [5.74, 6) is -1.87. The molecule has 1 aliphatic carbocycles. The second-order valence-corrected chi connectivity index (χ2v) is 8.85. The zero-order chi connectivity index (χ0) is 25.1. The van der Waals surface area contributed by atoms with E-state index in [0.717, 1.165) is 22.3 Å². The van der Waals surface area contributed by atoms with Crippen LogP contribution in [0.3, 0.4) is 0 Å². The number of carboxylic acid groups (broad SMARTS) is 1. The first-order chi connectivity index (χ1) is 16.8. The van der Waals surface area contributed by atoms with Gasteiger partial charge in [0, 0.05) is 5.92 Å². The second kappa shape index (κ2) is 10.4. The Hall–Kier alpha value is -3.55. The number of amides is 2. The molecule has 2 amide bonds. The standard InChI is InChI=1S/C26H22Cl2N2O5/c1-2-22(24(31)30-23-20(27)11-14(25(32)33)12-21(23)28)29-26(34)35-13-19-17-9-5-3-7-15(17)16-8-4-6-10-18(16)19/h3-12,19,22H,2,13H2,1H3,(H,29,34)(H,30,31)(H,32,33). The Morgan fingerprint density at radius 3 is 2.03 bits per heavy atom. The van der Waals surface area contributed by atoms with Crippen molar-refractivity contribution in [1.82, 2.24) is 5.32 Å². The minimum absolute atomic E-state index is 0.0285. The molecular weight excluding hydrogens is 491 g/mol. The number of alkyl carbamates (subject to hydrolysis) is 1. The lowest BCUT2D eigenvalue weighted by Gasteiger charge is -2.19. The topological polar surface area (TPSA) is 105 Å². The van der Waals surface area contributed by atoms with Crippen LogP contribution in [-0.2, 0) is 9.53 Å². The van der Waals surface area contributed by atoms with Crippen LogP contribution >= 0.6 is 23.2 Å². The zero-order valence-corrected chi connectivity index (χ0v) is 20.2. The number of aromatic carboxylic acids is 1. The molecule has 0 aromatic heterocycles. The van der Waals surface area contributed by atoms with Crippen LogP contribution in [0.5, 0.6) is 0 Å². The van der Waals surface area contributed by atoms with Crippen LogP contribution in [0.15, 0.2) is 60.7 Å². The largest absolute Gasteiger partial charge is 0.478 e. The molecule has 1 unspecified atom stereocenters. The number of fused-ring (bicyclic) bond motifs is 3. The van der Waals surface area contributed by atoms with Gasteiger partial charge in [-0.1, -0.05) is 78.7 Å². The average Bonchev–Trinajstić information content (AvgIpc) is 3.16. The number of hydrogen-bond acceptors (Lipinski definition) is 4. The predicted molar refractivity (Wildman–Crippen MR) is 134 cm³/mol. The highest BCUT2D eigenvalue weighted by Crippen LogP contribution is 2.44. The third kappa shape index (κ3) is 5.11. The lowest BCUT2D eigenvalue weighted by molar-refractivity contribution is -0.118. The van der Waals surface area contributed by atoms with Crippen LogP contribution in [0.1, 0.15) is 40.7 Å². The molecule has 0 fully saturated rings. The molecule has 0 heterocycles. The highest BCUT2D eigenvalue weighted by molar-refractivity contribution is 6.40. The van der Waals surface area contributed by atoms with Crippen molar-refractivity contribution in [2.24, 2.45) is 0 Å². The summed E-state index contributed by atoms with van der Waals surface area (Å²) in [6, 6.07) is 17.4. The summed E-state index contributed by atoms with van der Waals surface area (Å²) in [4.78, 5) is 36.5. The van der Waals surface area contributed by atoms with Gasteiger partial charge < -0.3 is 20.5 Å². The molecule has 0 radical (unpaired) electrons. The summed E-state index contributed by atoms with van der Waals surface area (Å²) >= 11 is 12.2. The third-order valence-corrected chi connectivity index (χ3v) is 6.49. The van der Waals surface area contributed by atoms with E-state index in [1.54, 1.807) is 6.92 Å². The number of halogens is 2. The van der Waals surface area contributed by atoms with Gasteiger partial charge >= 0.3 is 12.1 Å². The Kier molecular flexibility index (Phi) is 7.28. The lowest BCUT2D eigenvalue weighted by atomic mass is 9.98. The van der Waals surface area contributed by atoms with Crippen molar-refractivity contribution in [2.75, 3.05) is 11.9 Å². The highest BCUT2D eigenvalue weighted by atomic mass is 35.5. The minimum atomic E-state index is -1.20. The molecule has 35 heavy (non-hydrogen) atoms. The van der Waals surface area contributed by atoms with Gasteiger partial charge in [-0.2, -0.15) is 0 Å². The van der Waals surface area contributed by atoms with Crippen molar-refractivity contribution in [2.45, 2.75) is 25.3 Å². The van der Waals surface area contributed by atoms with E-state index >= 15 is 0 Å². The molecule has 1 aliphatic rings. The van der Waals surface area contributed by atoms with E-state index in [-0.39, 0.29) is 40.2 Å². The number of nitrogens with one attached hydrogen (secondary N) is 2. The van der Waals surface area contributed by atoms with Gasteiger partial charge in [0.15, 0.2) is 0 Å². The number of carboxylic acids is 1. The van der Waals surface area contributed by atoms with Crippen molar-refractivity contribution >= 4 is 46.9 Å². The van der Waals surface area contributed by atoms with Crippen molar-refractivity contribution in [3.63, 3.8) is 0 Å². The highest BCUT2D eigenvalue weighted by Gasteiger charge is 2.29. The van der Waals surface area contributed by atoms with E-state index < -0.39 is 24.0 Å². The molecular formula is C26H22Cl2N2O5. The molecule has 7 nitrogen and oxygen atoms in total. The average molecular weight is 513 g/mol. The van der Waals surface area contributed by atoms with Crippen molar-refractivity contribution in [1.29, 1.82) is 0 Å². The molecule has 180 valence electrons. The van der Waals surface area contributed by atoms with Crippen LogP contribution in [0.4, 0.5) is 10.5 Å². The quantitative estimate of drug-likeness (QED) is 0.362. The smallest absolute Gasteiger partial charge is 0.407 e. The first kappa shape index (κ1) is 24.6. The number of benzene rings is 3. The fourth-order valence-corrected chi connectivity index (χ4v) is 4.74. The fraction of sp³-hybridized carbons (Fsp3) is 0.192. The van der Waals surface area contributed by atoms with Gasteiger partial charge in [0.2, 0.25) is 5.91 Å². The Morgan fingerprint density at radius 2 is 1.51 bits per heavy atom. The maximum atomic E-state index is 12.8. The Bertz CT molecular complexity index is 1240. The van der Waals surface area contributed by atoms with Gasteiger partial charge in [-0.15, -0.1) is 0 Å². The van der Waals surface area contributed by atoms with E-state index in [1.807, 2.05) is 48.5 Å². The Balaban J connectivity index is 1.41. The summed E-state index contributed by atoms with van der Waals surface area (Å²) in [5, 5.41) is 14.2. The van der Waals surface area contributed by atoms with Crippen molar-refractivity contribution in [3.8, 4) is 11.1 Å². The van der Waals surface area contributed by atoms with Crippen LogP contribution in [0.25, 0.3) is 11.1 Å². The van der Waals surface area contributed by atoms with E-state index in [2.05, 4.69) is 10.6 Å². The zero-order valence-electron chi connectivity index (χ0n) is 18.7. The van der Waals surface area contributed by atoms with E-state index in [4.69, 9.17) is 33.0 Å².